The van der Waals surface area contributed by atoms with Crippen LogP contribution >= 0.6 is 11.6 Å². The number of rotatable bonds is 7. The van der Waals surface area contributed by atoms with Crippen LogP contribution in [-0.4, -0.2) is 40.9 Å². The van der Waals surface area contributed by atoms with E-state index in [1.54, 1.807) is 6.20 Å². The number of halogens is 1. The molecule has 0 aromatic carbocycles. The van der Waals surface area contributed by atoms with E-state index in [2.05, 4.69) is 57.1 Å². The third kappa shape index (κ3) is 3.50. The van der Waals surface area contributed by atoms with E-state index >= 15 is 0 Å². The Bertz CT molecular complexity index is 398. The summed E-state index contributed by atoms with van der Waals surface area (Å²) in [6.45, 7) is 10.5. The number of aromatic nitrogens is 2. The van der Waals surface area contributed by atoms with Crippen LogP contribution in [0.2, 0.25) is 5.02 Å². The van der Waals surface area contributed by atoms with Gasteiger partial charge in [-0.05, 0) is 47.8 Å². The standard InChI is InChI=1S/C14H27ClN4/c1-7-9-16-13(14(3,4)18(5)6)12-11(15)10-17-19(12)8-2/h10,13,16H,7-9H2,1-6H3. The van der Waals surface area contributed by atoms with Crippen LogP contribution in [0.1, 0.15) is 45.9 Å². The normalized spacial score (nSPS) is 14.1. The summed E-state index contributed by atoms with van der Waals surface area (Å²) < 4.78 is 1.99. The summed E-state index contributed by atoms with van der Waals surface area (Å²) >= 11 is 6.37. The van der Waals surface area contributed by atoms with Crippen LogP contribution in [0.3, 0.4) is 0 Å². The van der Waals surface area contributed by atoms with Crippen LogP contribution in [0.25, 0.3) is 0 Å². The fourth-order valence-electron chi connectivity index (χ4n) is 2.14. The zero-order chi connectivity index (χ0) is 14.6. The van der Waals surface area contributed by atoms with Gasteiger partial charge in [0.25, 0.3) is 0 Å². The molecule has 5 heteroatoms. The molecule has 1 N–H and O–H groups in total. The maximum absolute atomic E-state index is 6.37. The Balaban J connectivity index is 3.19. The van der Waals surface area contributed by atoms with E-state index < -0.39 is 0 Å². The number of nitrogens with zero attached hydrogens (tertiary/aromatic N) is 3. The first kappa shape index (κ1) is 16.5. The average molecular weight is 287 g/mol. The summed E-state index contributed by atoms with van der Waals surface area (Å²) in [4.78, 5) is 2.23. The Morgan fingerprint density at radius 3 is 2.53 bits per heavy atom. The van der Waals surface area contributed by atoms with Crippen LogP contribution in [0.15, 0.2) is 6.20 Å². The molecule has 19 heavy (non-hydrogen) atoms. The summed E-state index contributed by atoms with van der Waals surface area (Å²) in [7, 11) is 4.20. The molecule has 110 valence electrons. The van der Waals surface area contributed by atoms with Crippen LogP contribution in [0, 0.1) is 0 Å². The maximum atomic E-state index is 6.37. The van der Waals surface area contributed by atoms with Crippen molar-refractivity contribution in [2.75, 3.05) is 20.6 Å². The summed E-state index contributed by atoms with van der Waals surface area (Å²) in [5.41, 5.74) is 1.03. The lowest BCUT2D eigenvalue weighted by Crippen LogP contribution is -2.50. The summed E-state index contributed by atoms with van der Waals surface area (Å²) in [5, 5.41) is 8.73. The molecule has 0 saturated carbocycles. The smallest absolute Gasteiger partial charge is 0.0834 e. The van der Waals surface area contributed by atoms with Gasteiger partial charge in [0.1, 0.15) is 0 Å². The first-order valence-corrected chi connectivity index (χ1v) is 7.36. The maximum Gasteiger partial charge on any atom is 0.0834 e. The van der Waals surface area contributed by atoms with Gasteiger partial charge in [-0.3, -0.25) is 4.68 Å². The molecule has 1 rings (SSSR count). The fourth-order valence-corrected chi connectivity index (χ4v) is 2.39. The Morgan fingerprint density at radius 1 is 1.42 bits per heavy atom. The number of likely N-dealkylation sites (N-methyl/N-ethyl adjacent to an activating group) is 1. The molecule has 1 aromatic rings. The van der Waals surface area contributed by atoms with Gasteiger partial charge in [-0.2, -0.15) is 5.10 Å². The molecule has 0 aliphatic rings. The van der Waals surface area contributed by atoms with Gasteiger partial charge in [0, 0.05) is 12.1 Å². The third-order valence-electron chi connectivity index (χ3n) is 3.86. The molecule has 0 amide bonds. The van der Waals surface area contributed by atoms with Crippen molar-refractivity contribution in [2.45, 2.75) is 52.2 Å². The second-order valence-corrected chi connectivity index (χ2v) is 6.04. The van der Waals surface area contributed by atoms with Gasteiger partial charge in [-0.1, -0.05) is 18.5 Å². The molecule has 0 radical (unpaired) electrons. The van der Waals surface area contributed by atoms with E-state index in [0.717, 1.165) is 30.2 Å². The summed E-state index contributed by atoms with van der Waals surface area (Å²) in [5.74, 6) is 0. The van der Waals surface area contributed by atoms with Gasteiger partial charge in [0.15, 0.2) is 0 Å². The lowest BCUT2D eigenvalue weighted by atomic mass is 9.90. The van der Waals surface area contributed by atoms with Crippen molar-refractivity contribution in [1.29, 1.82) is 0 Å². The van der Waals surface area contributed by atoms with Crippen molar-refractivity contribution < 1.29 is 0 Å². The highest BCUT2D eigenvalue weighted by Crippen LogP contribution is 2.33. The highest BCUT2D eigenvalue weighted by molar-refractivity contribution is 6.31. The minimum atomic E-state index is -0.0498. The van der Waals surface area contributed by atoms with Crippen molar-refractivity contribution in [1.82, 2.24) is 20.0 Å². The first-order chi connectivity index (χ1) is 8.86. The minimum Gasteiger partial charge on any atom is -0.307 e. The Kier molecular flexibility index (Phi) is 5.83. The van der Waals surface area contributed by atoms with E-state index in [1.807, 2.05) is 4.68 Å². The number of hydrogen-bond donors (Lipinski definition) is 1. The molecule has 0 aliphatic heterocycles. The SMILES string of the molecule is CCCNC(c1c(Cl)cnn1CC)C(C)(C)N(C)C. The molecule has 1 atom stereocenters. The van der Waals surface area contributed by atoms with Crippen molar-refractivity contribution in [3.05, 3.63) is 16.9 Å². The zero-order valence-electron chi connectivity index (χ0n) is 13.0. The summed E-state index contributed by atoms with van der Waals surface area (Å²) in [6, 6.07) is 0.150. The Morgan fingerprint density at radius 2 is 2.05 bits per heavy atom. The zero-order valence-corrected chi connectivity index (χ0v) is 13.8. The quantitative estimate of drug-likeness (QED) is 0.837. The lowest BCUT2D eigenvalue weighted by molar-refractivity contribution is 0.133. The first-order valence-electron chi connectivity index (χ1n) is 6.98. The van der Waals surface area contributed by atoms with E-state index in [9.17, 15) is 0 Å². The van der Waals surface area contributed by atoms with Gasteiger partial charge in [-0.15, -0.1) is 0 Å². The number of aryl methyl sites for hydroxylation is 1. The van der Waals surface area contributed by atoms with Crippen LogP contribution in [0.5, 0.6) is 0 Å². The molecule has 4 nitrogen and oxygen atoms in total. The molecule has 1 aromatic heterocycles. The minimum absolute atomic E-state index is 0.0498. The highest BCUT2D eigenvalue weighted by Gasteiger charge is 2.35. The largest absolute Gasteiger partial charge is 0.307 e. The van der Waals surface area contributed by atoms with Gasteiger partial charge in [-0.25, -0.2) is 0 Å². The van der Waals surface area contributed by atoms with Gasteiger partial charge < -0.3 is 10.2 Å². The number of nitrogens with one attached hydrogen (secondary N) is 1. The van der Waals surface area contributed by atoms with E-state index in [0.29, 0.717) is 0 Å². The van der Waals surface area contributed by atoms with E-state index in [1.165, 1.54) is 0 Å². The monoisotopic (exact) mass is 286 g/mol. The average Bonchev–Trinajstić information content (AvgIpc) is 2.71. The van der Waals surface area contributed by atoms with Gasteiger partial charge in [0.05, 0.1) is 23.0 Å². The van der Waals surface area contributed by atoms with E-state index in [4.69, 9.17) is 11.6 Å². The molecular formula is C14H27ClN4. The molecule has 0 saturated heterocycles. The predicted molar refractivity (Wildman–Crippen MR) is 81.7 cm³/mol. The van der Waals surface area contributed by atoms with Crippen molar-refractivity contribution >= 4 is 11.6 Å². The second-order valence-electron chi connectivity index (χ2n) is 5.63. The Labute approximate surface area is 122 Å². The van der Waals surface area contributed by atoms with Gasteiger partial charge in [0.2, 0.25) is 0 Å². The molecule has 0 fully saturated rings. The molecule has 0 spiro atoms. The Hall–Kier alpha value is -0.580. The van der Waals surface area contributed by atoms with Crippen LogP contribution in [0.4, 0.5) is 0 Å². The van der Waals surface area contributed by atoms with Crippen LogP contribution in [-0.2, 0) is 6.54 Å². The van der Waals surface area contributed by atoms with Gasteiger partial charge >= 0.3 is 0 Å². The lowest BCUT2D eigenvalue weighted by Gasteiger charge is -2.41. The van der Waals surface area contributed by atoms with Crippen molar-refractivity contribution in [2.24, 2.45) is 0 Å². The topological polar surface area (TPSA) is 33.1 Å². The molecule has 1 heterocycles. The molecule has 0 bridgehead atoms. The van der Waals surface area contributed by atoms with Crippen molar-refractivity contribution in [3.8, 4) is 0 Å². The summed E-state index contributed by atoms with van der Waals surface area (Å²) in [6.07, 6.45) is 2.84. The molecular weight excluding hydrogens is 260 g/mol. The third-order valence-corrected chi connectivity index (χ3v) is 4.15. The van der Waals surface area contributed by atoms with Crippen LogP contribution < -0.4 is 5.32 Å². The van der Waals surface area contributed by atoms with E-state index in [-0.39, 0.29) is 11.6 Å². The second kappa shape index (κ2) is 6.73. The molecule has 0 aliphatic carbocycles. The predicted octanol–water partition coefficient (Wildman–Crippen LogP) is 2.94. The highest BCUT2D eigenvalue weighted by atomic mass is 35.5. The molecule has 1 unspecified atom stereocenters. The van der Waals surface area contributed by atoms with Crippen molar-refractivity contribution in [3.63, 3.8) is 0 Å². The fraction of sp³-hybridized carbons (Fsp3) is 0.786. The number of hydrogen-bond acceptors (Lipinski definition) is 3.